The van der Waals surface area contributed by atoms with Crippen molar-refractivity contribution in [3.63, 3.8) is 0 Å². The minimum Gasteiger partial charge on any atom is -0.451 e. The first-order valence-electron chi connectivity index (χ1n) is 5.32. The molecular formula is C11H18N2O2. The number of oxazole rings is 1. The lowest BCUT2D eigenvalue weighted by Crippen LogP contribution is -2.25. The number of amides is 1. The first-order chi connectivity index (χ1) is 7.18. The van der Waals surface area contributed by atoms with Gasteiger partial charge in [0.15, 0.2) is 6.39 Å². The molecule has 0 saturated carbocycles. The van der Waals surface area contributed by atoms with E-state index in [9.17, 15) is 4.79 Å². The smallest absolute Gasteiger partial charge is 0.220 e. The van der Waals surface area contributed by atoms with Gasteiger partial charge in [-0.05, 0) is 12.3 Å². The number of hydrogen-bond acceptors (Lipinski definition) is 3. The van der Waals surface area contributed by atoms with Crippen LogP contribution in [-0.2, 0) is 11.2 Å². The maximum absolute atomic E-state index is 11.4. The largest absolute Gasteiger partial charge is 0.451 e. The molecule has 4 heteroatoms. The van der Waals surface area contributed by atoms with E-state index in [1.807, 2.05) is 0 Å². The first kappa shape index (κ1) is 11.8. The van der Waals surface area contributed by atoms with Gasteiger partial charge in [-0.25, -0.2) is 4.98 Å². The molecule has 0 atom stereocenters. The number of carbonyl (C=O) groups is 1. The molecule has 0 bridgehead atoms. The molecule has 1 heterocycles. The Morgan fingerprint density at radius 3 is 3.00 bits per heavy atom. The van der Waals surface area contributed by atoms with Gasteiger partial charge in [-0.3, -0.25) is 4.79 Å². The van der Waals surface area contributed by atoms with Crippen LogP contribution >= 0.6 is 0 Å². The zero-order chi connectivity index (χ0) is 11.1. The van der Waals surface area contributed by atoms with Gasteiger partial charge in [-0.1, -0.05) is 13.8 Å². The molecule has 0 radical (unpaired) electrons. The molecule has 4 nitrogen and oxygen atoms in total. The number of hydrogen-bond donors (Lipinski definition) is 1. The summed E-state index contributed by atoms with van der Waals surface area (Å²) in [6, 6.07) is 0. The average Bonchev–Trinajstić information content (AvgIpc) is 2.66. The molecule has 0 aliphatic rings. The lowest BCUT2D eigenvalue weighted by Gasteiger charge is -2.06. The highest BCUT2D eigenvalue weighted by molar-refractivity contribution is 5.76. The summed E-state index contributed by atoms with van der Waals surface area (Å²) >= 11 is 0. The summed E-state index contributed by atoms with van der Waals surface area (Å²) in [4.78, 5) is 15.3. The molecule has 0 spiro atoms. The summed E-state index contributed by atoms with van der Waals surface area (Å²) in [5, 5.41) is 2.88. The van der Waals surface area contributed by atoms with Crippen LogP contribution < -0.4 is 5.32 Å². The fourth-order valence-corrected chi connectivity index (χ4v) is 1.19. The standard InChI is InChI=1S/C11H18N2O2/c1-9(2)5-6-12-11(14)4-3-10-7-15-8-13-10/h7-9H,3-6H2,1-2H3,(H,12,14). The number of aryl methyl sites for hydroxylation is 1. The molecule has 0 unspecified atom stereocenters. The zero-order valence-corrected chi connectivity index (χ0v) is 9.32. The summed E-state index contributed by atoms with van der Waals surface area (Å²) in [6.07, 6.45) is 5.09. The van der Waals surface area contributed by atoms with E-state index in [0.29, 0.717) is 18.8 Å². The van der Waals surface area contributed by atoms with Gasteiger partial charge in [0.2, 0.25) is 5.91 Å². The second-order valence-electron chi connectivity index (χ2n) is 4.01. The Morgan fingerprint density at radius 1 is 1.60 bits per heavy atom. The topological polar surface area (TPSA) is 55.1 Å². The van der Waals surface area contributed by atoms with Crippen LogP contribution in [0.2, 0.25) is 0 Å². The van der Waals surface area contributed by atoms with Crippen LogP contribution in [0.1, 0.15) is 32.4 Å². The highest BCUT2D eigenvalue weighted by Gasteiger charge is 2.03. The van der Waals surface area contributed by atoms with Crippen LogP contribution in [0, 0.1) is 5.92 Å². The monoisotopic (exact) mass is 210 g/mol. The summed E-state index contributed by atoms with van der Waals surface area (Å²) in [7, 11) is 0. The molecule has 1 aromatic rings. The van der Waals surface area contributed by atoms with E-state index >= 15 is 0 Å². The Balaban J connectivity index is 2.09. The molecule has 0 aromatic carbocycles. The van der Waals surface area contributed by atoms with Crippen LogP contribution in [0.15, 0.2) is 17.1 Å². The van der Waals surface area contributed by atoms with E-state index in [2.05, 4.69) is 24.1 Å². The predicted molar refractivity (Wildman–Crippen MR) is 57.3 cm³/mol. The van der Waals surface area contributed by atoms with E-state index in [0.717, 1.165) is 18.7 Å². The number of nitrogens with one attached hydrogen (secondary N) is 1. The van der Waals surface area contributed by atoms with Gasteiger partial charge in [0.1, 0.15) is 6.26 Å². The summed E-state index contributed by atoms with van der Waals surface area (Å²) in [5.74, 6) is 0.708. The van der Waals surface area contributed by atoms with Crippen molar-refractivity contribution >= 4 is 5.91 Å². The summed E-state index contributed by atoms with van der Waals surface area (Å²) in [6.45, 7) is 5.04. The summed E-state index contributed by atoms with van der Waals surface area (Å²) in [5.41, 5.74) is 0.828. The first-order valence-corrected chi connectivity index (χ1v) is 5.32. The number of carbonyl (C=O) groups excluding carboxylic acids is 1. The van der Waals surface area contributed by atoms with E-state index in [1.165, 1.54) is 6.39 Å². The van der Waals surface area contributed by atoms with Crippen LogP contribution in [0.3, 0.4) is 0 Å². The third-order valence-corrected chi connectivity index (χ3v) is 2.14. The highest BCUT2D eigenvalue weighted by atomic mass is 16.3. The van der Waals surface area contributed by atoms with Gasteiger partial charge in [0.05, 0.1) is 5.69 Å². The van der Waals surface area contributed by atoms with Gasteiger partial charge in [0.25, 0.3) is 0 Å². The van der Waals surface area contributed by atoms with Gasteiger partial charge in [-0.2, -0.15) is 0 Å². The fraction of sp³-hybridized carbons (Fsp3) is 0.636. The van der Waals surface area contributed by atoms with Crippen LogP contribution in [0.5, 0.6) is 0 Å². The molecule has 0 aliphatic carbocycles. The third-order valence-electron chi connectivity index (χ3n) is 2.14. The Hall–Kier alpha value is -1.32. The maximum atomic E-state index is 11.4. The van der Waals surface area contributed by atoms with Crippen LogP contribution in [0.25, 0.3) is 0 Å². The second-order valence-corrected chi connectivity index (χ2v) is 4.01. The molecular weight excluding hydrogens is 192 g/mol. The Bertz CT molecular complexity index is 281. The van der Waals surface area contributed by atoms with Gasteiger partial charge < -0.3 is 9.73 Å². The van der Waals surface area contributed by atoms with Crippen molar-refractivity contribution in [2.45, 2.75) is 33.1 Å². The van der Waals surface area contributed by atoms with Crippen molar-refractivity contribution in [2.24, 2.45) is 5.92 Å². The Morgan fingerprint density at radius 2 is 2.40 bits per heavy atom. The van der Waals surface area contributed by atoms with Crippen molar-refractivity contribution < 1.29 is 9.21 Å². The van der Waals surface area contributed by atoms with Crippen molar-refractivity contribution in [1.82, 2.24) is 10.3 Å². The minimum atomic E-state index is 0.0821. The van der Waals surface area contributed by atoms with Gasteiger partial charge in [0, 0.05) is 19.4 Å². The molecule has 1 rings (SSSR count). The lowest BCUT2D eigenvalue weighted by atomic mass is 10.1. The van der Waals surface area contributed by atoms with Crippen LogP contribution in [0.4, 0.5) is 0 Å². The van der Waals surface area contributed by atoms with E-state index in [1.54, 1.807) is 6.26 Å². The molecule has 0 aliphatic heterocycles. The van der Waals surface area contributed by atoms with Crippen molar-refractivity contribution in [1.29, 1.82) is 0 Å². The minimum absolute atomic E-state index is 0.0821. The normalized spacial score (nSPS) is 10.6. The molecule has 1 aromatic heterocycles. The van der Waals surface area contributed by atoms with Gasteiger partial charge in [-0.15, -0.1) is 0 Å². The molecule has 1 N–H and O–H groups in total. The van der Waals surface area contributed by atoms with E-state index < -0.39 is 0 Å². The number of aromatic nitrogens is 1. The zero-order valence-electron chi connectivity index (χ0n) is 9.32. The number of rotatable bonds is 6. The average molecular weight is 210 g/mol. The second kappa shape index (κ2) is 6.22. The molecule has 0 saturated heterocycles. The van der Waals surface area contributed by atoms with E-state index in [4.69, 9.17) is 4.42 Å². The third kappa shape index (κ3) is 5.20. The fourth-order valence-electron chi connectivity index (χ4n) is 1.19. The number of nitrogens with zero attached hydrogens (tertiary/aromatic N) is 1. The molecule has 0 fully saturated rings. The Labute approximate surface area is 90.1 Å². The molecule has 1 amide bonds. The van der Waals surface area contributed by atoms with Crippen molar-refractivity contribution in [3.05, 3.63) is 18.4 Å². The Kier molecular flexibility index (Phi) is 4.87. The lowest BCUT2D eigenvalue weighted by molar-refractivity contribution is -0.121. The maximum Gasteiger partial charge on any atom is 0.220 e. The molecule has 15 heavy (non-hydrogen) atoms. The molecule has 84 valence electrons. The summed E-state index contributed by atoms with van der Waals surface area (Å²) < 4.78 is 4.82. The van der Waals surface area contributed by atoms with Crippen molar-refractivity contribution in [2.75, 3.05) is 6.54 Å². The predicted octanol–water partition coefficient (Wildman–Crippen LogP) is 1.77. The SMILES string of the molecule is CC(C)CCNC(=O)CCc1cocn1. The highest BCUT2D eigenvalue weighted by Crippen LogP contribution is 2.00. The van der Waals surface area contributed by atoms with E-state index in [-0.39, 0.29) is 5.91 Å². The van der Waals surface area contributed by atoms with Crippen LogP contribution in [-0.4, -0.2) is 17.4 Å². The quantitative estimate of drug-likeness (QED) is 0.778. The van der Waals surface area contributed by atoms with Gasteiger partial charge >= 0.3 is 0 Å². The van der Waals surface area contributed by atoms with Crippen molar-refractivity contribution in [3.8, 4) is 0 Å².